The smallest absolute Gasteiger partial charge is 0.339 e. The molecule has 1 aromatic heterocycles. The third-order valence-corrected chi connectivity index (χ3v) is 3.09. The van der Waals surface area contributed by atoms with E-state index in [-0.39, 0.29) is 17.9 Å². The molecule has 0 atom stereocenters. The van der Waals surface area contributed by atoms with Crippen molar-refractivity contribution >= 4 is 21.9 Å². The molecule has 2 aromatic rings. The molecule has 1 aromatic carbocycles. The van der Waals surface area contributed by atoms with Crippen LogP contribution in [-0.4, -0.2) is 18.2 Å². The summed E-state index contributed by atoms with van der Waals surface area (Å²) >= 11 is 3.35. The summed E-state index contributed by atoms with van der Waals surface area (Å²) < 4.78 is 16.4. The molecule has 0 amide bonds. The second-order valence-corrected chi connectivity index (χ2v) is 4.50. The Morgan fingerprint density at radius 2 is 2.21 bits per heavy atom. The van der Waals surface area contributed by atoms with Gasteiger partial charge < -0.3 is 19.0 Å². The third-order valence-electron chi connectivity index (χ3n) is 2.47. The van der Waals surface area contributed by atoms with Crippen molar-refractivity contribution in [1.82, 2.24) is 0 Å². The van der Waals surface area contributed by atoms with Crippen molar-refractivity contribution in [2.24, 2.45) is 0 Å². The lowest BCUT2D eigenvalue weighted by atomic mass is 10.2. The zero-order valence-corrected chi connectivity index (χ0v) is 11.6. The van der Waals surface area contributed by atoms with Crippen LogP contribution in [0.25, 0.3) is 0 Å². The first-order valence-corrected chi connectivity index (χ1v) is 6.17. The summed E-state index contributed by atoms with van der Waals surface area (Å²) in [5, 5.41) is 8.93. The van der Waals surface area contributed by atoms with Gasteiger partial charge in [0.15, 0.2) is 5.76 Å². The lowest BCUT2D eigenvalue weighted by Crippen LogP contribution is -2.02. The van der Waals surface area contributed by atoms with Crippen LogP contribution in [0.2, 0.25) is 0 Å². The van der Waals surface area contributed by atoms with Crippen LogP contribution in [-0.2, 0) is 6.61 Å². The lowest BCUT2D eigenvalue weighted by molar-refractivity contribution is 0.0692. The molecule has 0 aliphatic heterocycles. The Kier molecular flexibility index (Phi) is 4.11. The van der Waals surface area contributed by atoms with Gasteiger partial charge in [0.1, 0.15) is 23.7 Å². The summed E-state index contributed by atoms with van der Waals surface area (Å²) in [7, 11) is 1.57. The Balaban J connectivity index is 2.10. The molecule has 0 saturated carbocycles. The monoisotopic (exact) mass is 326 g/mol. The predicted octanol–water partition coefficient (Wildman–Crippen LogP) is 3.33. The van der Waals surface area contributed by atoms with Crippen molar-refractivity contribution in [3.8, 4) is 11.5 Å². The van der Waals surface area contributed by atoms with Gasteiger partial charge in [-0.2, -0.15) is 0 Å². The van der Waals surface area contributed by atoms with Crippen molar-refractivity contribution in [3.63, 3.8) is 0 Å². The van der Waals surface area contributed by atoms with Crippen LogP contribution in [0.4, 0.5) is 0 Å². The molecule has 0 spiro atoms. The molecule has 5 nitrogen and oxygen atoms in total. The van der Waals surface area contributed by atoms with Crippen LogP contribution in [0.1, 0.15) is 16.1 Å². The van der Waals surface area contributed by atoms with Crippen molar-refractivity contribution in [2.75, 3.05) is 7.11 Å². The highest BCUT2D eigenvalue weighted by Gasteiger charge is 2.14. The molecule has 2 rings (SSSR count). The van der Waals surface area contributed by atoms with Crippen LogP contribution in [0.15, 0.2) is 39.4 Å². The molecule has 0 radical (unpaired) electrons. The average Bonchev–Trinajstić information content (AvgIpc) is 2.85. The van der Waals surface area contributed by atoms with E-state index in [1.807, 2.05) is 0 Å². The van der Waals surface area contributed by atoms with Crippen LogP contribution in [0.3, 0.4) is 0 Å². The second kappa shape index (κ2) is 5.79. The molecule has 0 saturated heterocycles. The largest absolute Gasteiger partial charge is 0.497 e. The highest BCUT2D eigenvalue weighted by molar-refractivity contribution is 9.10. The quantitative estimate of drug-likeness (QED) is 0.912. The zero-order valence-electron chi connectivity index (χ0n) is 10.1. The van der Waals surface area contributed by atoms with Crippen molar-refractivity contribution in [2.45, 2.75) is 6.61 Å². The van der Waals surface area contributed by atoms with Gasteiger partial charge in [0, 0.05) is 0 Å². The summed E-state index contributed by atoms with van der Waals surface area (Å²) in [5.74, 6) is 0.508. The molecular weight excluding hydrogens is 316 g/mol. The molecular formula is C13H11BrO5. The number of rotatable bonds is 5. The van der Waals surface area contributed by atoms with Gasteiger partial charge in [0.2, 0.25) is 0 Å². The lowest BCUT2D eigenvalue weighted by Gasteiger charge is -2.08. The molecule has 0 aliphatic rings. The van der Waals surface area contributed by atoms with Crippen LogP contribution < -0.4 is 9.47 Å². The molecule has 6 heteroatoms. The minimum atomic E-state index is -1.04. The molecule has 1 heterocycles. The maximum atomic E-state index is 10.9. The van der Waals surface area contributed by atoms with Gasteiger partial charge in [-0.1, -0.05) is 0 Å². The van der Waals surface area contributed by atoms with Gasteiger partial charge in [-0.05, 0) is 40.2 Å². The van der Waals surface area contributed by atoms with Gasteiger partial charge >= 0.3 is 5.97 Å². The van der Waals surface area contributed by atoms with E-state index in [0.29, 0.717) is 11.5 Å². The van der Waals surface area contributed by atoms with E-state index in [9.17, 15) is 4.79 Å². The fraction of sp³-hybridized carbons (Fsp3) is 0.154. The topological polar surface area (TPSA) is 68.9 Å². The summed E-state index contributed by atoms with van der Waals surface area (Å²) in [4.78, 5) is 10.9. The van der Waals surface area contributed by atoms with E-state index in [0.717, 1.165) is 4.47 Å². The number of hydrogen-bond donors (Lipinski definition) is 1. The summed E-state index contributed by atoms with van der Waals surface area (Å²) in [5.41, 5.74) is 0.102. The fourth-order valence-electron chi connectivity index (χ4n) is 1.51. The second-order valence-electron chi connectivity index (χ2n) is 3.65. The highest BCUT2D eigenvalue weighted by atomic mass is 79.9. The van der Waals surface area contributed by atoms with Crippen molar-refractivity contribution < 1.29 is 23.8 Å². The molecule has 0 fully saturated rings. The highest BCUT2D eigenvalue weighted by Crippen LogP contribution is 2.30. The minimum Gasteiger partial charge on any atom is -0.497 e. The Morgan fingerprint density at radius 1 is 1.42 bits per heavy atom. The maximum Gasteiger partial charge on any atom is 0.339 e. The fourth-order valence-corrected chi connectivity index (χ4v) is 1.98. The van der Waals surface area contributed by atoms with E-state index in [1.165, 1.54) is 12.3 Å². The third kappa shape index (κ3) is 3.08. The predicted molar refractivity (Wildman–Crippen MR) is 70.7 cm³/mol. The normalized spacial score (nSPS) is 10.2. The molecule has 100 valence electrons. The molecule has 19 heavy (non-hydrogen) atoms. The van der Waals surface area contributed by atoms with Gasteiger partial charge in [-0.15, -0.1) is 0 Å². The van der Waals surface area contributed by atoms with Crippen LogP contribution in [0, 0.1) is 0 Å². The first kappa shape index (κ1) is 13.5. The van der Waals surface area contributed by atoms with Crippen molar-refractivity contribution in [3.05, 3.63) is 46.3 Å². The number of methoxy groups -OCH3 is 1. The van der Waals surface area contributed by atoms with E-state index in [1.54, 1.807) is 25.3 Å². The van der Waals surface area contributed by atoms with E-state index >= 15 is 0 Å². The number of aromatic carboxylic acids is 1. The van der Waals surface area contributed by atoms with Gasteiger partial charge in [0.25, 0.3) is 0 Å². The van der Waals surface area contributed by atoms with Gasteiger partial charge in [-0.3, -0.25) is 0 Å². The Labute approximate surface area is 117 Å². The van der Waals surface area contributed by atoms with Crippen LogP contribution >= 0.6 is 15.9 Å². The number of carbonyl (C=O) groups is 1. The summed E-state index contributed by atoms with van der Waals surface area (Å²) in [6, 6.07) is 6.63. The number of carboxylic acid groups (broad SMARTS) is 1. The number of hydrogen-bond acceptors (Lipinski definition) is 4. The van der Waals surface area contributed by atoms with E-state index in [2.05, 4.69) is 15.9 Å². The maximum absolute atomic E-state index is 10.9. The van der Waals surface area contributed by atoms with E-state index < -0.39 is 5.97 Å². The first-order chi connectivity index (χ1) is 9.11. The summed E-state index contributed by atoms with van der Waals surface area (Å²) in [6.45, 7) is 0.0412. The number of carboxylic acids is 1. The minimum absolute atomic E-state index is 0.0412. The van der Waals surface area contributed by atoms with Crippen LogP contribution in [0.5, 0.6) is 11.5 Å². The number of furan rings is 1. The Hall–Kier alpha value is -1.95. The average molecular weight is 327 g/mol. The molecule has 0 aliphatic carbocycles. The van der Waals surface area contributed by atoms with Gasteiger partial charge in [-0.25, -0.2) is 4.79 Å². The number of ether oxygens (including phenoxy) is 2. The summed E-state index contributed by atoms with van der Waals surface area (Å²) in [6.07, 6.45) is 1.32. The SMILES string of the molecule is COc1ccc(OCc2occc2C(=O)O)c(Br)c1. The Bertz CT molecular complexity index is 590. The van der Waals surface area contributed by atoms with E-state index in [4.69, 9.17) is 19.0 Å². The molecule has 1 N–H and O–H groups in total. The standard InChI is InChI=1S/C13H11BrO5/c1-17-8-2-3-11(10(14)6-8)19-7-12-9(13(15)16)4-5-18-12/h2-6H,7H2,1H3,(H,15,16). The number of benzene rings is 1. The van der Waals surface area contributed by atoms with Gasteiger partial charge in [0.05, 0.1) is 17.8 Å². The molecule has 0 unspecified atom stereocenters. The number of halogens is 1. The zero-order chi connectivity index (χ0) is 13.8. The van der Waals surface area contributed by atoms with Crippen molar-refractivity contribution in [1.29, 1.82) is 0 Å². The molecule has 0 bridgehead atoms. The Morgan fingerprint density at radius 3 is 2.84 bits per heavy atom. The first-order valence-electron chi connectivity index (χ1n) is 5.38.